The summed E-state index contributed by atoms with van der Waals surface area (Å²) in [7, 11) is 3.58. The van der Waals surface area contributed by atoms with Gasteiger partial charge in [0.2, 0.25) is 0 Å². The zero-order chi connectivity index (χ0) is 14.4. The largest absolute Gasteiger partial charge is 0.493 e. The summed E-state index contributed by atoms with van der Waals surface area (Å²) in [5.41, 5.74) is 2.13. The number of rotatable bonds is 7. The SMILES string of the molecule is CCc1nc(COc2ccc(CNC)cc2OC)cs1. The minimum atomic E-state index is 0.470. The maximum Gasteiger partial charge on any atom is 0.161 e. The second-order valence-corrected chi connectivity index (χ2v) is 5.33. The van der Waals surface area contributed by atoms with Crippen LogP contribution in [0.5, 0.6) is 11.5 Å². The van der Waals surface area contributed by atoms with Crippen LogP contribution >= 0.6 is 11.3 Å². The Kier molecular flexibility index (Phi) is 5.38. The maximum absolute atomic E-state index is 5.80. The predicted molar refractivity (Wildman–Crippen MR) is 81.6 cm³/mol. The van der Waals surface area contributed by atoms with Gasteiger partial charge in [-0.3, -0.25) is 0 Å². The zero-order valence-corrected chi connectivity index (χ0v) is 12.9. The summed E-state index contributed by atoms with van der Waals surface area (Å²) in [5, 5.41) is 6.30. The first-order valence-corrected chi connectivity index (χ1v) is 7.52. The van der Waals surface area contributed by atoms with E-state index in [1.54, 1.807) is 18.4 Å². The fourth-order valence-corrected chi connectivity index (χ4v) is 2.60. The fourth-order valence-electron chi connectivity index (χ4n) is 1.87. The van der Waals surface area contributed by atoms with Crippen LogP contribution in [0.1, 0.15) is 23.2 Å². The third kappa shape index (κ3) is 3.71. The molecule has 0 amide bonds. The first kappa shape index (κ1) is 14.8. The zero-order valence-electron chi connectivity index (χ0n) is 12.1. The lowest BCUT2D eigenvalue weighted by Crippen LogP contribution is -2.05. The monoisotopic (exact) mass is 292 g/mol. The molecule has 4 nitrogen and oxygen atoms in total. The molecule has 20 heavy (non-hydrogen) atoms. The van der Waals surface area contributed by atoms with Crippen molar-refractivity contribution in [2.24, 2.45) is 0 Å². The normalized spacial score (nSPS) is 10.6. The second-order valence-electron chi connectivity index (χ2n) is 4.39. The Hall–Kier alpha value is -1.59. The molecule has 0 aliphatic heterocycles. The van der Waals surface area contributed by atoms with E-state index >= 15 is 0 Å². The van der Waals surface area contributed by atoms with Crippen LogP contribution in [-0.4, -0.2) is 19.1 Å². The van der Waals surface area contributed by atoms with E-state index < -0.39 is 0 Å². The van der Waals surface area contributed by atoms with Crippen molar-refractivity contribution in [2.75, 3.05) is 14.2 Å². The Balaban J connectivity index is 2.04. The summed E-state index contributed by atoms with van der Waals surface area (Å²) >= 11 is 1.67. The van der Waals surface area contributed by atoms with E-state index in [1.807, 2.05) is 30.6 Å². The number of aromatic nitrogens is 1. The minimum Gasteiger partial charge on any atom is -0.493 e. The van der Waals surface area contributed by atoms with E-state index in [-0.39, 0.29) is 0 Å². The molecular formula is C15H20N2O2S. The molecule has 2 aromatic rings. The third-order valence-electron chi connectivity index (χ3n) is 2.89. The van der Waals surface area contributed by atoms with E-state index in [9.17, 15) is 0 Å². The summed E-state index contributed by atoms with van der Waals surface area (Å²) in [5.74, 6) is 1.50. The van der Waals surface area contributed by atoms with Crippen molar-refractivity contribution in [3.8, 4) is 11.5 Å². The molecule has 1 heterocycles. The number of nitrogens with one attached hydrogen (secondary N) is 1. The molecule has 0 radical (unpaired) electrons. The smallest absolute Gasteiger partial charge is 0.161 e. The molecule has 0 saturated heterocycles. The summed E-state index contributed by atoms with van der Waals surface area (Å²) in [6.45, 7) is 3.38. The second kappa shape index (κ2) is 7.26. The van der Waals surface area contributed by atoms with Crippen LogP contribution in [0, 0.1) is 0 Å². The van der Waals surface area contributed by atoms with Crippen LogP contribution < -0.4 is 14.8 Å². The van der Waals surface area contributed by atoms with Gasteiger partial charge < -0.3 is 14.8 Å². The summed E-state index contributed by atoms with van der Waals surface area (Å²) in [6, 6.07) is 5.97. The molecule has 0 fully saturated rings. The van der Waals surface area contributed by atoms with E-state index in [0.717, 1.165) is 35.2 Å². The van der Waals surface area contributed by atoms with Crippen molar-refractivity contribution in [2.45, 2.75) is 26.5 Å². The third-order valence-corrected chi connectivity index (χ3v) is 3.93. The van der Waals surface area contributed by atoms with Gasteiger partial charge in [-0.1, -0.05) is 13.0 Å². The molecule has 0 atom stereocenters. The average Bonchev–Trinajstić information content (AvgIpc) is 2.94. The Labute approximate surface area is 123 Å². The summed E-state index contributed by atoms with van der Waals surface area (Å²) in [4.78, 5) is 4.49. The fraction of sp³-hybridized carbons (Fsp3) is 0.400. The quantitative estimate of drug-likeness (QED) is 0.852. The maximum atomic E-state index is 5.80. The van der Waals surface area contributed by atoms with E-state index in [4.69, 9.17) is 9.47 Å². The predicted octanol–water partition coefficient (Wildman–Crippen LogP) is 3.01. The average molecular weight is 292 g/mol. The highest BCUT2D eigenvalue weighted by Gasteiger charge is 2.07. The molecule has 1 aromatic carbocycles. The van der Waals surface area contributed by atoms with Crippen LogP contribution in [0.25, 0.3) is 0 Å². The van der Waals surface area contributed by atoms with E-state index in [0.29, 0.717) is 6.61 Å². The van der Waals surface area contributed by atoms with Crippen molar-refractivity contribution >= 4 is 11.3 Å². The lowest BCUT2D eigenvalue weighted by atomic mass is 10.2. The molecule has 0 aliphatic carbocycles. The van der Waals surface area contributed by atoms with Crippen molar-refractivity contribution in [3.63, 3.8) is 0 Å². The van der Waals surface area contributed by atoms with Crippen LogP contribution in [-0.2, 0) is 19.6 Å². The lowest BCUT2D eigenvalue weighted by molar-refractivity contribution is 0.281. The van der Waals surface area contributed by atoms with Crippen LogP contribution in [0.15, 0.2) is 23.6 Å². The summed E-state index contributed by atoms with van der Waals surface area (Å²) in [6.07, 6.45) is 0.965. The van der Waals surface area contributed by atoms with Gasteiger partial charge in [0.25, 0.3) is 0 Å². The number of aryl methyl sites for hydroxylation is 1. The van der Waals surface area contributed by atoms with Gasteiger partial charge in [-0.2, -0.15) is 0 Å². The van der Waals surface area contributed by atoms with Crippen molar-refractivity contribution in [1.82, 2.24) is 10.3 Å². The number of hydrogen-bond acceptors (Lipinski definition) is 5. The Morgan fingerprint density at radius 2 is 2.15 bits per heavy atom. The number of nitrogens with zero attached hydrogens (tertiary/aromatic N) is 1. The number of benzene rings is 1. The molecule has 0 aliphatic rings. The minimum absolute atomic E-state index is 0.470. The Bertz CT molecular complexity index is 555. The first-order chi connectivity index (χ1) is 9.76. The van der Waals surface area contributed by atoms with Gasteiger partial charge in [-0.05, 0) is 31.2 Å². The molecule has 2 rings (SSSR count). The molecule has 0 spiro atoms. The lowest BCUT2D eigenvalue weighted by Gasteiger charge is -2.11. The topological polar surface area (TPSA) is 43.4 Å². The van der Waals surface area contributed by atoms with Gasteiger partial charge in [0.05, 0.1) is 17.8 Å². The number of methoxy groups -OCH3 is 1. The Morgan fingerprint density at radius 1 is 1.30 bits per heavy atom. The standard InChI is InChI=1S/C15H20N2O2S/c1-4-15-17-12(10-20-15)9-19-13-6-5-11(8-16-2)7-14(13)18-3/h5-7,10,16H,4,8-9H2,1-3H3. The molecular weight excluding hydrogens is 272 g/mol. The molecule has 0 bridgehead atoms. The van der Waals surface area contributed by atoms with Gasteiger partial charge in [-0.15, -0.1) is 11.3 Å². The van der Waals surface area contributed by atoms with Gasteiger partial charge in [0.15, 0.2) is 11.5 Å². The molecule has 0 unspecified atom stereocenters. The molecule has 1 aromatic heterocycles. The van der Waals surface area contributed by atoms with Crippen LogP contribution in [0.3, 0.4) is 0 Å². The Morgan fingerprint density at radius 3 is 2.80 bits per heavy atom. The van der Waals surface area contributed by atoms with E-state index in [2.05, 4.69) is 17.2 Å². The van der Waals surface area contributed by atoms with Crippen LogP contribution in [0.2, 0.25) is 0 Å². The number of thiazole rings is 1. The number of hydrogen-bond donors (Lipinski definition) is 1. The highest BCUT2D eigenvalue weighted by Crippen LogP contribution is 2.29. The molecule has 108 valence electrons. The van der Waals surface area contributed by atoms with Crippen molar-refractivity contribution in [3.05, 3.63) is 39.8 Å². The molecule has 0 saturated carbocycles. The van der Waals surface area contributed by atoms with Gasteiger partial charge in [-0.25, -0.2) is 4.98 Å². The van der Waals surface area contributed by atoms with Crippen LogP contribution in [0.4, 0.5) is 0 Å². The van der Waals surface area contributed by atoms with E-state index in [1.165, 1.54) is 5.56 Å². The summed E-state index contributed by atoms with van der Waals surface area (Å²) < 4.78 is 11.2. The van der Waals surface area contributed by atoms with Gasteiger partial charge >= 0.3 is 0 Å². The molecule has 1 N–H and O–H groups in total. The number of ether oxygens (including phenoxy) is 2. The highest BCUT2D eigenvalue weighted by molar-refractivity contribution is 7.09. The van der Waals surface area contributed by atoms with Gasteiger partial charge in [0, 0.05) is 11.9 Å². The van der Waals surface area contributed by atoms with Crippen molar-refractivity contribution in [1.29, 1.82) is 0 Å². The highest BCUT2D eigenvalue weighted by atomic mass is 32.1. The first-order valence-electron chi connectivity index (χ1n) is 6.64. The van der Waals surface area contributed by atoms with Crippen molar-refractivity contribution < 1.29 is 9.47 Å². The molecule has 5 heteroatoms. The van der Waals surface area contributed by atoms with Gasteiger partial charge in [0.1, 0.15) is 6.61 Å².